The van der Waals surface area contributed by atoms with Crippen molar-refractivity contribution in [3.63, 3.8) is 0 Å². The van der Waals surface area contributed by atoms with Crippen molar-refractivity contribution >= 4 is 16.7 Å². The molecule has 1 aliphatic rings. The Hall–Kier alpha value is -2.42. The molecule has 1 heterocycles. The van der Waals surface area contributed by atoms with Crippen molar-refractivity contribution in [2.45, 2.75) is 18.9 Å². The molecule has 104 valence electrons. The van der Waals surface area contributed by atoms with Gasteiger partial charge in [-0.1, -0.05) is 42.5 Å². The number of para-hydroxylation sites is 1. The van der Waals surface area contributed by atoms with Crippen LogP contribution in [-0.4, -0.2) is 9.97 Å². The van der Waals surface area contributed by atoms with E-state index in [4.69, 9.17) is 0 Å². The molecule has 0 aliphatic heterocycles. The number of benzene rings is 2. The van der Waals surface area contributed by atoms with Crippen molar-refractivity contribution in [2.24, 2.45) is 5.92 Å². The fourth-order valence-electron chi connectivity index (χ4n) is 2.83. The summed E-state index contributed by atoms with van der Waals surface area (Å²) in [6.45, 7) is 0. The Labute approximate surface area is 124 Å². The summed E-state index contributed by atoms with van der Waals surface area (Å²) in [6.07, 6.45) is 4.21. The highest BCUT2D eigenvalue weighted by Crippen LogP contribution is 2.43. The van der Waals surface area contributed by atoms with E-state index in [9.17, 15) is 0 Å². The molecular weight excluding hydrogens is 258 g/mol. The number of aromatic nitrogens is 2. The summed E-state index contributed by atoms with van der Waals surface area (Å²) in [5, 5.41) is 4.73. The van der Waals surface area contributed by atoms with Gasteiger partial charge in [0.2, 0.25) is 0 Å². The number of fused-ring (bicyclic) bond motifs is 1. The Balaban J connectivity index is 1.72. The largest absolute Gasteiger partial charge is 0.362 e. The number of rotatable bonds is 4. The lowest BCUT2D eigenvalue weighted by atomic mass is 10.0. The molecule has 1 N–H and O–H groups in total. The lowest BCUT2D eigenvalue weighted by molar-refractivity contribution is 0.676. The van der Waals surface area contributed by atoms with Crippen LogP contribution in [0.25, 0.3) is 10.9 Å². The van der Waals surface area contributed by atoms with E-state index in [-0.39, 0.29) is 0 Å². The second-order valence-corrected chi connectivity index (χ2v) is 5.61. The average Bonchev–Trinajstić information content (AvgIpc) is 3.38. The standard InChI is InChI=1S/C18H17N3/c1-2-6-13(7-3-1)17(14-10-11-14)21-18-15-8-4-5-9-16(15)19-12-20-18/h1-9,12,14,17H,10-11H2,(H,19,20,21)/t17-/m0/s1. The van der Waals surface area contributed by atoms with Crippen LogP contribution < -0.4 is 5.32 Å². The molecule has 1 aliphatic carbocycles. The molecule has 0 spiro atoms. The van der Waals surface area contributed by atoms with Crippen LogP contribution in [0, 0.1) is 5.92 Å². The number of nitrogens with zero attached hydrogens (tertiary/aromatic N) is 2. The topological polar surface area (TPSA) is 37.8 Å². The molecule has 0 radical (unpaired) electrons. The second-order valence-electron chi connectivity index (χ2n) is 5.61. The van der Waals surface area contributed by atoms with Crippen molar-refractivity contribution in [1.29, 1.82) is 0 Å². The lowest BCUT2D eigenvalue weighted by Gasteiger charge is -2.20. The summed E-state index contributed by atoms with van der Waals surface area (Å²) >= 11 is 0. The van der Waals surface area contributed by atoms with Crippen LogP contribution in [0.15, 0.2) is 60.9 Å². The van der Waals surface area contributed by atoms with E-state index in [1.54, 1.807) is 6.33 Å². The molecule has 0 unspecified atom stereocenters. The van der Waals surface area contributed by atoms with Crippen molar-refractivity contribution in [1.82, 2.24) is 9.97 Å². The molecular formula is C18H17N3. The minimum Gasteiger partial charge on any atom is -0.362 e. The van der Waals surface area contributed by atoms with Crippen LogP contribution in [0.1, 0.15) is 24.4 Å². The predicted octanol–water partition coefficient (Wildman–Crippen LogP) is 4.19. The summed E-state index contributed by atoms with van der Waals surface area (Å²) in [5.74, 6) is 1.64. The Kier molecular flexibility index (Phi) is 3.03. The Morgan fingerprint density at radius 2 is 1.67 bits per heavy atom. The first-order valence-electron chi connectivity index (χ1n) is 7.43. The van der Waals surface area contributed by atoms with Crippen LogP contribution in [0.2, 0.25) is 0 Å². The van der Waals surface area contributed by atoms with E-state index in [2.05, 4.69) is 51.7 Å². The van der Waals surface area contributed by atoms with Crippen LogP contribution >= 0.6 is 0 Å². The van der Waals surface area contributed by atoms with Gasteiger partial charge >= 0.3 is 0 Å². The zero-order valence-corrected chi connectivity index (χ0v) is 11.7. The molecule has 3 aromatic rings. The molecule has 0 bridgehead atoms. The third-order valence-corrected chi connectivity index (χ3v) is 4.09. The van der Waals surface area contributed by atoms with Gasteiger partial charge in [0.25, 0.3) is 0 Å². The zero-order chi connectivity index (χ0) is 14.1. The molecule has 3 nitrogen and oxygen atoms in total. The smallest absolute Gasteiger partial charge is 0.137 e. The lowest BCUT2D eigenvalue weighted by Crippen LogP contribution is -2.14. The normalized spacial score (nSPS) is 15.8. The molecule has 1 atom stereocenters. The maximum absolute atomic E-state index is 4.46. The molecule has 1 saturated carbocycles. The van der Waals surface area contributed by atoms with E-state index in [0.717, 1.165) is 16.7 Å². The van der Waals surface area contributed by atoms with Crippen LogP contribution in [-0.2, 0) is 0 Å². The SMILES string of the molecule is c1ccc([C@H](Nc2ncnc3ccccc23)C2CC2)cc1. The molecule has 0 amide bonds. The Morgan fingerprint density at radius 1 is 0.905 bits per heavy atom. The molecule has 3 heteroatoms. The molecule has 1 fully saturated rings. The fourth-order valence-corrected chi connectivity index (χ4v) is 2.83. The second kappa shape index (κ2) is 5.17. The zero-order valence-electron chi connectivity index (χ0n) is 11.7. The summed E-state index contributed by atoms with van der Waals surface area (Å²) in [5.41, 5.74) is 2.32. The Bertz CT molecular complexity index is 745. The van der Waals surface area contributed by atoms with E-state index >= 15 is 0 Å². The highest BCUT2D eigenvalue weighted by atomic mass is 15.0. The quantitative estimate of drug-likeness (QED) is 0.775. The van der Waals surface area contributed by atoms with E-state index in [1.165, 1.54) is 18.4 Å². The first-order valence-corrected chi connectivity index (χ1v) is 7.43. The van der Waals surface area contributed by atoms with E-state index in [1.807, 2.05) is 18.2 Å². The summed E-state index contributed by atoms with van der Waals surface area (Å²) in [4.78, 5) is 8.79. The first-order chi connectivity index (χ1) is 10.4. The molecule has 0 saturated heterocycles. The van der Waals surface area contributed by atoms with Gasteiger partial charge in [0.15, 0.2) is 0 Å². The van der Waals surface area contributed by atoms with Crippen molar-refractivity contribution in [2.75, 3.05) is 5.32 Å². The van der Waals surface area contributed by atoms with Gasteiger partial charge in [0, 0.05) is 5.39 Å². The minimum absolute atomic E-state index is 0.338. The van der Waals surface area contributed by atoms with E-state index in [0.29, 0.717) is 12.0 Å². The van der Waals surface area contributed by atoms with Gasteiger partial charge in [-0.15, -0.1) is 0 Å². The van der Waals surface area contributed by atoms with Crippen molar-refractivity contribution < 1.29 is 0 Å². The first kappa shape index (κ1) is 12.3. The number of hydrogen-bond acceptors (Lipinski definition) is 3. The Morgan fingerprint density at radius 3 is 2.48 bits per heavy atom. The minimum atomic E-state index is 0.338. The van der Waals surface area contributed by atoms with Gasteiger partial charge in [0.05, 0.1) is 11.6 Å². The molecule has 4 rings (SSSR count). The van der Waals surface area contributed by atoms with Crippen molar-refractivity contribution in [3.05, 3.63) is 66.5 Å². The molecule has 21 heavy (non-hydrogen) atoms. The summed E-state index contributed by atoms with van der Waals surface area (Å²) < 4.78 is 0. The van der Waals surface area contributed by atoms with E-state index < -0.39 is 0 Å². The molecule has 1 aromatic heterocycles. The summed E-state index contributed by atoms with van der Waals surface area (Å²) in [7, 11) is 0. The van der Waals surface area contributed by atoms with Crippen LogP contribution in [0.4, 0.5) is 5.82 Å². The van der Waals surface area contributed by atoms with Gasteiger partial charge in [-0.05, 0) is 36.5 Å². The average molecular weight is 275 g/mol. The maximum atomic E-state index is 4.46. The number of hydrogen-bond donors (Lipinski definition) is 1. The van der Waals surface area contributed by atoms with Crippen molar-refractivity contribution in [3.8, 4) is 0 Å². The van der Waals surface area contributed by atoms with Gasteiger partial charge in [-0.2, -0.15) is 0 Å². The third-order valence-electron chi connectivity index (χ3n) is 4.09. The summed E-state index contributed by atoms with van der Waals surface area (Å²) in [6, 6.07) is 19.1. The molecule has 2 aromatic carbocycles. The predicted molar refractivity (Wildman–Crippen MR) is 85.1 cm³/mol. The fraction of sp³-hybridized carbons (Fsp3) is 0.222. The number of anilines is 1. The van der Waals surface area contributed by atoms with Gasteiger partial charge < -0.3 is 5.32 Å². The van der Waals surface area contributed by atoms with Gasteiger partial charge in [-0.3, -0.25) is 0 Å². The highest BCUT2D eigenvalue weighted by molar-refractivity contribution is 5.88. The highest BCUT2D eigenvalue weighted by Gasteiger charge is 2.32. The van der Waals surface area contributed by atoms with Crippen LogP contribution in [0.3, 0.4) is 0 Å². The van der Waals surface area contributed by atoms with Gasteiger partial charge in [-0.25, -0.2) is 9.97 Å². The number of nitrogens with one attached hydrogen (secondary N) is 1. The van der Waals surface area contributed by atoms with Crippen LogP contribution in [0.5, 0.6) is 0 Å². The monoisotopic (exact) mass is 275 g/mol. The maximum Gasteiger partial charge on any atom is 0.137 e. The third kappa shape index (κ3) is 2.47. The van der Waals surface area contributed by atoms with Gasteiger partial charge in [0.1, 0.15) is 12.1 Å².